The molecule has 1 atom stereocenters. The summed E-state index contributed by atoms with van der Waals surface area (Å²) in [5.74, 6) is 0.392. The first kappa shape index (κ1) is 21.1. The van der Waals surface area contributed by atoms with Gasteiger partial charge in [0.2, 0.25) is 0 Å². The monoisotopic (exact) mass is 464 g/mol. The molecule has 0 radical (unpaired) electrons. The average molecular weight is 465 g/mol. The highest BCUT2D eigenvalue weighted by Crippen LogP contribution is 2.43. The van der Waals surface area contributed by atoms with Crippen LogP contribution in [0.2, 0.25) is 5.02 Å². The Labute approximate surface area is 187 Å². The van der Waals surface area contributed by atoms with Gasteiger partial charge in [-0.1, -0.05) is 42.0 Å². The Morgan fingerprint density at radius 3 is 2.76 bits per heavy atom. The Bertz CT molecular complexity index is 1070. The van der Waals surface area contributed by atoms with Crippen LogP contribution < -0.4 is 0 Å². The molecule has 0 amide bonds. The summed E-state index contributed by atoms with van der Waals surface area (Å²) in [6.45, 7) is 4.93. The van der Waals surface area contributed by atoms with E-state index in [-0.39, 0.29) is 11.4 Å². The molecule has 152 valence electrons. The lowest BCUT2D eigenvalue weighted by atomic mass is 9.90. The van der Waals surface area contributed by atoms with Gasteiger partial charge in [-0.25, -0.2) is 9.97 Å². The van der Waals surface area contributed by atoms with Gasteiger partial charge in [0.1, 0.15) is 9.86 Å². The van der Waals surface area contributed by atoms with Crippen LogP contribution >= 0.6 is 46.5 Å². The minimum atomic E-state index is -0.166. The van der Waals surface area contributed by atoms with Crippen LogP contribution in [-0.4, -0.2) is 33.4 Å². The second kappa shape index (κ2) is 8.55. The molecule has 1 unspecified atom stereocenters. The van der Waals surface area contributed by atoms with Gasteiger partial charge in [-0.2, -0.15) is 0 Å². The number of hydrogen-bond acceptors (Lipinski definition) is 7. The maximum absolute atomic E-state index is 12.7. The first-order chi connectivity index (χ1) is 13.9. The molecule has 0 saturated heterocycles. The number of carbonyl (C=O) groups is 1. The number of ether oxygens (including phenoxy) is 1. The third-order valence-electron chi connectivity index (χ3n) is 5.22. The molecule has 1 aliphatic heterocycles. The van der Waals surface area contributed by atoms with E-state index in [1.807, 2.05) is 6.26 Å². The van der Waals surface area contributed by atoms with Gasteiger partial charge in [0.15, 0.2) is 10.9 Å². The maximum Gasteiger partial charge on any atom is 0.189 e. The Morgan fingerprint density at radius 2 is 2.07 bits per heavy atom. The summed E-state index contributed by atoms with van der Waals surface area (Å²) in [6, 6.07) is 7.03. The first-order valence-corrected chi connectivity index (χ1v) is 12.7. The van der Waals surface area contributed by atoms with Crippen LogP contribution in [0, 0.1) is 0 Å². The number of fused-ring (bicyclic) bond motifs is 3. The molecule has 0 aliphatic carbocycles. The third kappa shape index (κ3) is 4.35. The standard InChI is InChI=1S/C21H21ClN2O2S3/c1-4-21(2)9-14-16(10-26-21)29-19-17(14)18(23-20(24-19)27-3)28-11-15(25)12-5-7-13(22)8-6-12/h5-8H,4,9-11H2,1-3H3. The molecule has 0 bridgehead atoms. The fraction of sp³-hybridized carbons (Fsp3) is 0.381. The normalized spacial score (nSPS) is 18.8. The molecule has 0 saturated carbocycles. The van der Waals surface area contributed by atoms with Gasteiger partial charge in [-0.05, 0) is 49.4 Å². The van der Waals surface area contributed by atoms with E-state index in [2.05, 4.69) is 13.8 Å². The number of rotatable bonds is 6. The van der Waals surface area contributed by atoms with Gasteiger partial charge < -0.3 is 4.74 Å². The Hall–Kier alpha value is -1.12. The Morgan fingerprint density at radius 1 is 1.31 bits per heavy atom. The predicted octanol–water partition coefficient (Wildman–Crippen LogP) is 6.28. The van der Waals surface area contributed by atoms with E-state index in [1.165, 1.54) is 34.0 Å². The number of Topliss-reactive ketones (excluding diaryl/α,β-unsaturated/α-hetero) is 1. The molecule has 1 aromatic carbocycles. The lowest BCUT2D eigenvalue weighted by molar-refractivity contribution is -0.0543. The van der Waals surface area contributed by atoms with E-state index < -0.39 is 0 Å². The van der Waals surface area contributed by atoms with Crippen molar-refractivity contribution in [3.63, 3.8) is 0 Å². The molecule has 3 heterocycles. The molecule has 4 rings (SSSR count). The van der Waals surface area contributed by atoms with E-state index in [9.17, 15) is 4.79 Å². The lowest BCUT2D eigenvalue weighted by Gasteiger charge is -2.33. The summed E-state index contributed by atoms with van der Waals surface area (Å²) >= 11 is 10.6. The second-order valence-electron chi connectivity index (χ2n) is 7.19. The molecule has 8 heteroatoms. The van der Waals surface area contributed by atoms with Gasteiger partial charge in [-0.3, -0.25) is 4.79 Å². The van der Waals surface area contributed by atoms with Crippen LogP contribution in [0.3, 0.4) is 0 Å². The zero-order chi connectivity index (χ0) is 20.6. The Kier molecular flexibility index (Phi) is 6.23. The summed E-state index contributed by atoms with van der Waals surface area (Å²) in [5.41, 5.74) is 1.78. The predicted molar refractivity (Wildman–Crippen MR) is 123 cm³/mol. The number of aromatic nitrogens is 2. The van der Waals surface area contributed by atoms with Crippen molar-refractivity contribution >= 4 is 62.5 Å². The number of thiophene rings is 1. The molecule has 0 spiro atoms. The van der Waals surface area contributed by atoms with E-state index >= 15 is 0 Å². The molecular formula is C21H21ClN2O2S3. The van der Waals surface area contributed by atoms with E-state index in [4.69, 9.17) is 26.3 Å². The Balaban J connectivity index is 1.68. The van der Waals surface area contributed by atoms with Crippen molar-refractivity contribution in [2.45, 2.75) is 49.1 Å². The molecule has 29 heavy (non-hydrogen) atoms. The van der Waals surface area contributed by atoms with Crippen LogP contribution in [0.1, 0.15) is 41.1 Å². The molecular weight excluding hydrogens is 444 g/mol. The summed E-state index contributed by atoms with van der Waals surface area (Å²) in [5, 5.41) is 3.35. The van der Waals surface area contributed by atoms with Crippen molar-refractivity contribution in [1.29, 1.82) is 0 Å². The number of carbonyl (C=O) groups excluding carboxylic acids is 1. The second-order valence-corrected chi connectivity index (χ2v) is 10.4. The minimum Gasteiger partial charge on any atom is -0.369 e. The van der Waals surface area contributed by atoms with E-state index in [1.54, 1.807) is 35.6 Å². The van der Waals surface area contributed by atoms with Gasteiger partial charge in [0, 0.05) is 27.3 Å². The summed E-state index contributed by atoms with van der Waals surface area (Å²) < 4.78 is 6.12. The topological polar surface area (TPSA) is 52.1 Å². The molecule has 0 fully saturated rings. The molecule has 0 N–H and O–H groups in total. The van der Waals surface area contributed by atoms with Crippen LogP contribution in [0.15, 0.2) is 34.4 Å². The third-order valence-corrected chi connectivity index (χ3v) is 8.09. The van der Waals surface area contributed by atoms with Crippen LogP contribution in [0.25, 0.3) is 10.2 Å². The van der Waals surface area contributed by atoms with Crippen molar-refractivity contribution in [3.05, 3.63) is 45.3 Å². The number of hydrogen-bond donors (Lipinski definition) is 0. The summed E-state index contributed by atoms with van der Waals surface area (Å²) in [7, 11) is 0. The SMILES string of the molecule is CCC1(C)Cc2c(sc3nc(SC)nc(SCC(=O)c4ccc(Cl)cc4)c23)CO1. The number of benzene rings is 1. The molecule has 4 nitrogen and oxygen atoms in total. The van der Waals surface area contributed by atoms with Crippen molar-refractivity contribution < 1.29 is 9.53 Å². The van der Waals surface area contributed by atoms with Crippen molar-refractivity contribution in [2.24, 2.45) is 0 Å². The smallest absolute Gasteiger partial charge is 0.189 e. The van der Waals surface area contributed by atoms with Crippen LogP contribution in [-0.2, 0) is 17.8 Å². The van der Waals surface area contributed by atoms with Gasteiger partial charge >= 0.3 is 0 Å². The average Bonchev–Trinajstić information content (AvgIpc) is 3.09. The van der Waals surface area contributed by atoms with Crippen LogP contribution in [0.4, 0.5) is 0 Å². The maximum atomic E-state index is 12.7. The minimum absolute atomic E-state index is 0.0648. The van der Waals surface area contributed by atoms with Gasteiger partial charge in [0.25, 0.3) is 0 Å². The molecule has 3 aromatic rings. The highest BCUT2D eigenvalue weighted by atomic mass is 35.5. The first-order valence-electron chi connectivity index (χ1n) is 9.34. The molecule has 1 aliphatic rings. The largest absolute Gasteiger partial charge is 0.369 e. The highest BCUT2D eigenvalue weighted by Gasteiger charge is 2.33. The van der Waals surface area contributed by atoms with Crippen LogP contribution in [0.5, 0.6) is 0 Å². The molecule has 2 aromatic heterocycles. The van der Waals surface area contributed by atoms with Crippen molar-refractivity contribution in [2.75, 3.05) is 12.0 Å². The fourth-order valence-corrected chi connectivity index (χ4v) is 6.02. The van der Waals surface area contributed by atoms with Crippen molar-refractivity contribution in [3.8, 4) is 0 Å². The zero-order valence-electron chi connectivity index (χ0n) is 16.5. The van der Waals surface area contributed by atoms with E-state index in [0.29, 0.717) is 22.9 Å². The van der Waals surface area contributed by atoms with Crippen molar-refractivity contribution in [1.82, 2.24) is 9.97 Å². The van der Waals surface area contributed by atoms with Gasteiger partial charge in [-0.15, -0.1) is 11.3 Å². The summed E-state index contributed by atoms with van der Waals surface area (Å²) in [4.78, 5) is 24.4. The quantitative estimate of drug-likeness (QED) is 0.185. The summed E-state index contributed by atoms with van der Waals surface area (Å²) in [6.07, 6.45) is 3.77. The lowest BCUT2D eigenvalue weighted by Crippen LogP contribution is -2.33. The number of nitrogens with zero attached hydrogens (tertiary/aromatic N) is 2. The fourth-order valence-electron chi connectivity index (χ4n) is 3.30. The van der Waals surface area contributed by atoms with Gasteiger partial charge in [0.05, 0.1) is 18.0 Å². The highest BCUT2D eigenvalue weighted by molar-refractivity contribution is 8.00. The van der Waals surface area contributed by atoms with E-state index in [0.717, 1.165) is 33.2 Å². The number of thioether (sulfide) groups is 2. The number of halogens is 1. The number of ketones is 1. The zero-order valence-corrected chi connectivity index (χ0v) is 19.7.